The molecule has 1 aliphatic rings. The van der Waals surface area contributed by atoms with Crippen LogP contribution in [0.2, 0.25) is 0 Å². The van der Waals surface area contributed by atoms with E-state index in [2.05, 4.69) is 29.2 Å². The van der Waals surface area contributed by atoms with Crippen molar-refractivity contribution in [1.29, 1.82) is 0 Å². The van der Waals surface area contributed by atoms with E-state index in [1.165, 1.54) is 18.2 Å². The summed E-state index contributed by atoms with van der Waals surface area (Å²) >= 11 is 1.44. The quantitative estimate of drug-likeness (QED) is 0.417. The number of thioether (sulfide) groups is 1. The summed E-state index contributed by atoms with van der Waals surface area (Å²) < 4.78 is 5.23. The molecule has 156 valence electrons. The van der Waals surface area contributed by atoms with Gasteiger partial charge >= 0.3 is 5.97 Å². The number of benzene rings is 2. The highest BCUT2D eigenvalue weighted by Crippen LogP contribution is 2.42. The Labute approximate surface area is 181 Å². The first kappa shape index (κ1) is 20.7. The van der Waals surface area contributed by atoms with E-state index in [4.69, 9.17) is 4.74 Å². The molecule has 1 heterocycles. The Balaban J connectivity index is 1.71. The second kappa shape index (κ2) is 8.68. The lowest BCUT2D eigenvalue weighted by Crippen LogP contribution is -2.33. The zero-order chi connectivity index (χ0) is 21.1. The molecular formula is C25H27NO3S. The van der Waals surface area contributed by atoms with Gasteiger partial charge in [0.2, 0.25) is 0 Å². The first-order valence-corrected chi connectivity index (χ1v) is 11.4. The van der Waals surface area contributed by atoms with E-state index in [1.54, 1.807) is 6.20 Å². The Hall–Kier alpha value is -2.53. The van der Waals surface area contributed by atoms with Gasteiger partial charge in [-0.25, -0.2) is 0 Å². The molecule has 4 rings (SSSR count). The van der Waals surface area contributed by atoms with Gasteiger partial charge in [-0.3, -0.25) is 9.78 Å². The van der Waals surface area contributed by atoms with E-state index < -0.39 is 10.7 Å². The number of aromatic nitrogens is 1. The summed E-state index contributed by atoms with van der Waals surface area (Å²) in [6.45, 7) is 3.88. The van der Waals surface area contributed by atoms with Crippen LogP contribution in [0.5, 0.6) is 5.75 Å². The van der Waals surface area contributed by atoms with E-state index >= 15 is 0 Å². The lowest BCUT2D eigenvalue weighted by molar-refractivity contribution is -0.140. The first-order chi connectivity index (χ1) is 14.5. The van der Waals surface area contributed by atoms with Crippen molar-refractivity contribution in [2.24, 2.45) is 0 Å². The largest absolute Gasteiger partial charge is 0.490 e. The molecule has 5 heteroatoms. The third-order valence-electron chi connectivity index (χ3n) is 6.06. The average Bonchev–Trinajstić information content (AvgIpc) is 2.74. The van der Waals surface area contributed by atoms with Gasteiger partial charge in [0.15, 0.2) is 0 Å². The molecule has 0 saturated heterocycles. The molecular weight excluding hydrogens is 394 g/mol. The third-order valence-corrected chi connectivity index (χ3v) is 7.78. The summed E-state index contributed by atoms with van der Waals surface area (Å²) in [5.74, 6) is 0.138. The normalized spacial score (nSPS) is 14.5. The number of hydrogen-bond donors (Lipinski definition) is 1. The Morgan fingerprint density at radius 1 is 1.13 bits per heavy atom. The van der Waals surface area contributed by atoms with Gasteiger partial charge in [-0.2, -0.15) is 0 Å². The Bertz CT molecular complexity index is 1060. The Kier molecular flexibility index (Phi) is 6.00. The number of ether oxygens (including phenoxy) is 1. The molecule has 0 aliphatic heterocycles. The minimum absolute atomic E-state index is 0.344. The predicted molar refractivity (Wildman–Crippen MR) is 122 cm³/mol. The van der Waals surface area contributed by atoms with E-state index in [0.717, 1.165) is 45.5 Å². The summed E-state index contributed by atoms with van der Waals surface area (Å²) in [5, 5.41) is 10.9. The Morgan fingerprint density at radius 3 is 2.57 bits per heavy atom. The number of aliphatic carboxylic acids is 1. The summed E-state index contributed by atoms with van der Waals surface area (Å²) in [5.41, 5.74) is 3.03. The number of carbonyl (C=O) groups is 1. The maximum atomic E-state index is 12.0. The van der Waals surface area contributed by atoms with Crippen LogP contribution in [-0.2, 0) is 4.79 Å². The first-order valence-electron chi connectivity index (χ1n) is 10.6. The van der Waals surface area contributed by atoms with Crippen molar-refractivity contribution in [3.63, 3.8) is 0 Å². The van der Waals surface area contributed by atoms with Crippen molar-refractivity contribution in [3.8, 4) is 16.9 Å². The van der Waals surface area contributed by atoms with Gasteiger partial charge in [-0.15, -0.1) is 11.8 Å². The Morgan fingerprint density at radius 2 is 1.90 bits per heavy atom. The van der Waals surface area contributed by atoms with Crippen molar-refractivity contribution in [2.75, 3.05) is 0 Å². The highest BCUT2D eigenvalue weighted by molar-refractivity contribution is 8.01. The van der Waals surface area contributed by atoms with Crippen molar-refractivity contribution in [1.82, 2.24) is 4.98 Å². The SMILES string of the molecule is CCC(CC)(Sc1ccnc2ccc(-c3cccc(OC4CCC4)c3)cc12)C(=O)O. The van der Waals surface area contributed by atoms with Gasteiger partial charge < -0.3 is 9.84 Å². The summed E-state index contributed by atoms with van der Waals surface area (Å²) in [6, 6.07) is 16.3. The smallest absolute Gasteiger partial charge is 0.320 e. The van der Waals surface area contributed by atoms with Gasteiger partial charge in [0.25, 0.3) is 0 Å². The van der Waals surface area contributed by atoms with Crippen LogP contribution in [0.1, 0.15) is 46.0 Å². The molecule has 1 N–H and O–H groups in total. The van der Waals surface area contributed by atoms with Crippen LogP contribution in [0.4, 0.5) is 0 Å². The molecule has 1 fully saturated rings. The number of fused-ring (bicyclic) bond motifs is 1. The lowest BCUT2D eigenvalue weighted by Gasteiger charge is -2.26. The average molecular weight is 422 g/mol. The van der Waals surface area contributed by atoms with Crippen LogP contribution in [-0.4, -0.2) is 26.9 Å². The standard InChI is InChI=1S/C25H27NO3S/c1-3-25(4-2,24(27)28)30-23-13-14-26-22-12-11-18(16-21(22)23)17-7-5-10-20(15-17)29-19-8-6-9-19/h5,7,10-16,19H,3-4,6,8-9H2,1-2H3,(H,27,28). The van der Waals surface area contributed by atoms with Gasteiger partial charge in [-0.1, -0.05) is 32.0 Å². The molecule has 0 bridgehead atoms. The van der Waals surface area contributed by atoms with E-state index in [0.29, 0.717) is 18.9 Å². The summed E-state index contributed by atoms with van der Waals surface area (Å²) in [4.78, 5) is 17.5. The molecule has 1 saturated carbocycles. The number of pyridine rings is 1. The molecule has 0 atom stereocenters. The van der Waals surface area contributed by atoms with Crippen molar-refractivity contribution >= 4 is 28.6 Å². The molecule has 0 radical (unpaired) electrons. The number of nitrogens with zero attached hydrogens (tertiary/aromatic N) is 1. The van der Waals surface area contributed by atoms with Crippen molar-refractivity contribution in [3.05, 3.63) is 54.7 Å². The number of carboxylic acids is 1. The zero-order valence-corrected chi connectivity index (χ0v) is 18.2. The number of rotatable bonds is 8. The van der Waals surface area contributed by atoms with Crippen LogP contribution in [0, 0.1) is 0 Å². The lowest BCUT2D eigenvalue weighted by atomic mass is 9.96. The van der Waals surface area contributed by atoms with Crippen LogP contribution in [0.15, 0.2) is 59.6 Å². The molecule has 3 aromatic rings. The molecule has 1 aliphatic carbocycles. The van der Waals surface area contributed by atoms with Gasteiger partial charge in [0.05, 0.1) is 11.6 Å². The van der Waals surface area contributed by atoms with Crippen LogP contribution < -0.4 is 4.74 Å². The van der Waals surface area contributed by atoms with E-state index in [1.807, 2.05) is 38.1 Å². The molecule has 30 heavy (non-hydrogen) atoms. The molecule has 4 nitrogen and oxygen atoms in total. The van der Waals surface area contributed by atoms with E-state index in [9.17, 15) is 9.90 Å². The second-order valence-corrected chi connectivity index (χ2v) is 9.27. The summed E-state index contributed by atoms with van der Waals surface area (Å²) in [6.07, 6.45) is 6.74. The monoisotopic (exact) mass is 421 g/mol. The van der Waals surface area contributed by atoms with Crippen molar-refractivity contribution < 1.29 is 14.6 Å². The topological polar surface area (TPSA) is 59.4 Å². The van der Waals surface area contributed by atoms with Gasteiger partial charge in [-0.05, 0) is 73.6 Å². The molecule has 0 unspecified atom stereocenters. The second-order valence-electron chi connectivity index (χ2n) is 7.85. The highest BCUT2D eigenvalue weighted by Gasteiger charge is 2.36. The van der Waals surface area contributed by atoms with Gasteiger partial charge in [0.1, 0.15) is 10.5 Å². The van der Waals surface area contributed by atoms with Crippen LogP contribution >= 0.6 is 11.8 Å². The van der Waals surface area contributed by atoms with Crippen LogP contribution in [0.3, 0.4) is 0 Å². The maximum Gasteiger partial charge on any atom is 0.320 e. The minimum Gasteiger partial charge on any atom is -0.490 e. The molecule has 2 aromatic carbocycles. The fourth-order valence-corrected chi connectivity index (χ4v) is 4.97. The minimum atomic E-state index is -0.833. The van der Waals surface area contributed by atoms with E-state index in [-0.39, 0.29) is 0 Å². The highest BCUT2D eigenvalue weighted by atomic mass is 32.2. The third kappa shape index (κ3) is 4.04. The molecule has 1 aromatic heterocycles. The fraction of sp³-hybridized carbons (Fsp3) is 0.360. The fourth-order valence-electron chi connectivity index (χ4n) is 3.77. The summed E-state index contributed by atoms with van der Waals surface area (Å²) in [7, 11) is 0. The van der Waals surface area contributed by atoms with Crippen LogP contribution in [0.25, 0.3) is 22.0 Å². The zero-order valence-electron chi connectivity index (χ0n) is 17.4. The molecule has 0 spiro atoms. The predicted octanol–water partition coefficient (Wildman–Crippen LogP) is 6.57. The molecule has 0 amide bonds. The number of carboxylic acid groups (broad SMARTS) is 1. The van der Waals surface area contributed by atoms with Gasteiger partial charge in [0, 0.05) is 16.5 Å². The number of hydrogen-bond acceptors (Lipinski definition) is 4. The van der Waals surface area contributed by atoms with Crippen molar-refractivity contribution in [2.45, 2.75) is 61.7 Å². The maximum absolute atomic E-state index is 12.0.